The highest BCUT2D eigenvalue weighted by Crippen LogP contribution is 2.35. The summed E-state index contributed by atoms with van der Waals surface area (Å²) in [4.78, 5) is 12.4. The molecule has 32 heavy (non-hydrogen) atoms. The van der Waals surface area contributed by atoms with Crippen molar-refractivity contribution in [2.45, 2.75) is 10.5 Å². The maximum atomic E-state index is 13.1. The second-order valence-electron chi connectivity index (χ2n) is 6.25. The number of aromatic nitrogens is 2. The number of rotatable bonds is 10. The summed E-state index contributed by atoms with van der Waals surface area (Å²) in [5.41, 5.74) is -0.103. The van der Waals surface area contributed by atoms with Gasteiger partial charge >= 0.3 is 6.18 Å². The third-order valence-corrected chi connectivity index (χ3v) is 5.86. The van der Waals surface area contributed by atoms with E-state index in [0.29, 0.717) is 9.47 Å². The lowest BCUT2D eigenvalue weighted by Crippen LogP contribution is -2.16. The lowest BCUT2D eigenvalue weighted by atomic mass is 10.1. The molecule has 0 aliphatic carbocycles. The largest absolute Gasteiger partial charge is 0.489 e. The smallest absolute Gasteiger partial charge is 0.416 e. The van der Waals surface area contributed by atoms with Gasteiger partial charge in [-0.1, -0.05) is 41.3 Å². The summed E-state index contributed by atoms with van der Waals surface area (Å²) in [6.07, 6.45) is -4.55. The zero-order valence-electron chi connectivity index (χ0n) is 16.8. The van der Waals surface area contributed by atoms with E-state index in [9.17, 15) is 18.0 Å². The molecule has 1 aromatic heterocycles. The normalized spacial score (nSPS) is 11.2. The Labute approximate surface area is 190 Å². The molecule has 7 nitrogen and oxygen atoms in total. The molecule has 0 unspecified atom stereocenters. The van der Waals surface area contributed by atoms with Gasteiger partial charge < -0.3 is 20.1 Å². The van der Waals surface area contributed by atoms with Crippen molar-refractivity contribution in [3.8, 4) is 5.75 Å². The topological polar surface area (TPSA) is 85.4 Å². The van der Waals surface area contributed by atoms with E-state index in [1.807, 2.05) is 30.3 Å². The molecule has 0 aliphatic rings. The molecule has 3 aromatic rings. The van der Waals surface area contributed by atoms with E-state index >= 15 is 0 Å². The van der Waals surface area contributed by atoms with Crippen LogP contribution in [0.1, 0.15) is 5.56 Å². The van der Waals surface area contributed by atoms with Gasteiger partial charge in [-0.25, -0.2) is 0 Å². The predicted octanol–water partition coefficient (Wildman–Crippen LogP) is 5.06. The van der Waals surface area contributed by atoms with E-state index in [-0.39, 0.29) is 30.4 Å². The number of carbonyl (C=O) groups is 1. The Balaban J connectivity index is 1.61. The molecule has 3 rings (SSSR count). The SMILES string of the molecule is COCCOc1ccc(C(F)(F)F)cc1NC(=O)CSc1nnc(Nc2ccccc2)s1. The summed E-state index contributed by atoms with van der Waals surface area (Å²) in [5, 5.41) is 14.2. The summed E-state index contributed by atoms with van der Waals surface area (Å²) in [7, 11) is 1.48. The molecule has 2 aromatic carbocycles. The second kappa shape index (κ2) is 11.2. The highest BCUT2D eigenvalue weighted by atomic mass is 32.2. The minimum absolute atomic E-state index is 0.0618. The van der Waals surface area contributed by atoms with E-state index in [2.05, 4.69) is 20.8 Å². The van der Waals surface area contributed by atoms with Gasteiger partial charge in [0.1, 0.15) is 12.4 Å². The van der Waals surface area contributed by atoms with Gasteiger partial charge in [-0.05, 0) is 30.3 Å². The molecule has 1 amide bonds. The van der Waals surface area contributed by atoms with Gasteiger partial charge in [0.15, 0.2) is 4.34 Å². The summed E-state index contributed by atoms with van der Waals surface area (Å²) >= 11 is 2.39. The molecule has 1 heterocycles. The first kappa shape index (κ1) is 23.8. The standard InChI is InChI=1S/C20H19F3N4O3S2/c1-29-9-10-30-16-8-7-13(20(21,22)23)11-15(16)25-17(28)12-31-19-27-26-18(32-19)24-14-5-3-2-4-6-14/h2-8,11H,9-10,12H2,1H3,(H,24,26)(H,25,28). The summed E-state index contributed by atoms with van der Waals surface area (Å²) in [6.45, 7) is 0.377. The zero-order valence-corrected chi connectivity index (χ0v) is 18.4. The van der Waals surface area contributed by atoms with Crippen LogP contribution in [0, 0.1) is 0 Å². The fourth-order valence-electron chi connectivity index (χ4n) is 2.44. The fraction of sp³-hybridized carbons (Fsp3) is 0.250. The Hall–Kier alpha value is -2.83. The van der Waals surface area contributed by atoms with Crippen LogP contribution in [0.15, 0.2) is 52.9 Å². The minimum Gasteiger partial charge on any atom is -0.489 e. The number of nitrogens with zero attached hydrogens (tertiary/aromatic N) is 2. The summed E-state index contributed by atoms with van der Waals surface area (Å²) < 4.78 is 50.1. The van der Waals surface area contributed by atoms with Crippen LogP contribution in [0.5, 0.6) is 5.75 Å². The van der Waals surface area contributed by atoms with Gasteiger partial charge in [-0.3, -0.25) is 4.79 Å². The molecule has 0 saturated heterocycles. The maximum Gasteiger partial charge on any atom is 0.416 e. The second-order valence-corrected chi connectivity index (χ2v) is 8.45. The van der Waals surface area contributed by atoms with Gasteiger partial charge in [-0.15, -0.1) is 10.2 Å². The predicted molar refractivity (Wildman–Crippen MR) is 118 cm³/mol. The van der Waals surface area contributed by atoms with Crippen LogP contribution in [0.3, 0.4) is 0 Å². The molecule has 2 N–H and O–H groups in total. The molecular weight excluding hydrogens is 465 g/mol. The number of benzene rings is 2. The number of amides is 1. The van der Waals surface area contributed by atoms with Crippen LogP contribution in [0.2, 0.25) is 0 Å². The van der Waals surface area contributed by atoms with Crippen LogP contribution in [0.25, 0.3) is 0 Å². The van der Waals surface area contributed by atoms with E-state index in [4.69, 9.17) is 9.47 Å². The van der Waals surface area contributed by atoms with Crippen LogP contribution < -0.4 is 15.4 Å². The van der Waals surface area contributed by atoms with Crippen molar-refractivity contribution < 1.29 is 27.4 Å². The molecule has 0 bridgehead atoms. The van der Waals surface area contributed by atoms with Gasteiger partial charge in [0, 0.05) is 12.8 Å². The van der Waals surface area contributed by atoms with Gasteiger partial charge in [0.25, 0.3) is 0 Å². The molecule has 0 spiro atoms. The van der Waals surface area contributed by atoms with Crippen LogP contribution in [-0.2, 0) is 15.7 Å². The number of halogens is 3. The van der Waals surface area contributed by atoms with Crippen molar-refractivity contribution in [2.24, 2.45) is 0 Å². The molecule has 170 valence electrons. The van der Waals surface area contributed by atoms with Crippen molar-refractivity contribution in [3.63, 3.8) is 0 Å². The molecule has 12 heteroatoms. The highest BCUT2D eigenvalue weighted by Gasteiger charge is 2.31. The number of anilines is 3. The fourth-order valence-corrected chi connectivity index (χ4v) is 4.01. The molecule has 0 aliphatic heterocycles. The first-order valence-corrected chi connectivity index (χ1v) is 11.1. The number of alkyl halides is 3. The Bertz CT molecular complexity index is 1030. The first-order chi connectivity index (χ1) is 15.3. The van der Waals surface area contributed by atoms with Crippen molar-refractivity contribution >= 4 is 45.5 Å². The van der Waals surface area contributed by atoms with E-state index < -0.39 is 17.6 Å². The lowest BCUT2D eigenvalue weighted by Gasteiger charge is -2.15. The van der Waals surface area contributed by atoms with E-state index in [1.54, 1.807) is 0 Å². The summed E-state index contributed by atoms with van der Waals surface area (Å²) in [6, 6.07) is 12.3. The number of carbonyl (C=O) groups excluding carboxylic acids is 1. The third-order valence-electron chi connectivity index (χ3n) is 3.88. The van der Waals surface area contributed by atoms with Gasteiger partial charge in [0.05, 0.1) is 23.6 Å². The Morgan fingerprint density at radius 3 is 2.62 bits per heavy atom. The maximum absolute atomic E-state index is 13.1. The van der Waals surface area contributed by atoms with Crippen LogP contribution in [-0.4, -0.2) is 42.2 Å². The average Bonchev–Trinajstić information content (AvgIpc) is 3.21. The molecular formula is C20H19F3N4O3S2. The quantitative estimate of drug-likeness (QED) is 0.307. The zero-order chi connectivity index (χ0) is 23.0. The average molecular weight is 485 g/mol. The van der Waals surface area contributed by atoms with Crippen molar-refractivity contribution in [1.82, 2.24) is 10.2 Å². The number of hydrogen-bond acceptors (Lipinski definition) is 8. The van der Waals surface area contributed by atoms with Crippen molar-refractivity contribution in [2.75, 3.05) is 36.7 Å². The van der Waals surface area contributed by atoms with Gasteiger partial charge in [0.2, 0.25) is 11.0 Å². The minimum atomic E-state index is -4.55. The van der Waals surface area contributed by atoms with Crippen LogP contribution >= 0.6 is 23.1 Å². The summed E-state index contributed by atoms with van der Waals surface area (Å²) in [5.74, 6) is -0.439. The van der Waals surface area contributed by atoms with Gasteiger partial charge in [-0.2, -0.15) is 13.2 Å². The third kappa shape index (κ3) is 7.11. The van der Waals surface area contributed by atoms with Crippen molar-refractivity contribution in [3.05, 3.63) is 54.1 Å². The number of methoxy groups -OCH3 is 1. The van der Waals surface area contributed by atoms with E-state index in [0.717, 1.165) is 29.6 Å². The first-order valence-electron chi connectivity index (χ1n) is 9.26. The van der Waals surface area contributed by atoms with E-state index in [1.165, 1.54) is 24.5 Å². The Morgan fingerprint density at radius 2 is 1.91 bits per heavy atom. The molecule has 0 atom stereocenters. The lowest BCUT2D eigenvalue weighted by molar-refractivity contribution is -0.137. The Kier molecular flexibility index (Phi) is 8.31. The number of para-hydroxylation sites is 1. The number of hydrogen-bond donors (Lipinski definition) is 2. The molecule has 0 fully saturated rings. The van der Waals surface area contributed by atoms with Crippen LogP contribution in [0.4, 0.5) is 29.7 Å². The number of thioether (sulfide) groups is 1. The molecule has 0 saturated carbocycles. The molecule has 0 radical (unpaired) electrons. The number of ether oxygens (including phenoxy) is 2. The highest BCUT2D eigenvalue weighted by molar-refractivity contribution is 8.01. The Morgan fingerprint density at radius 1 is 1.12 bits per heavy atom. The number of nitrogens with one attached hydrogen (secondary N) is 2. The monoisotopic (exact) mass is 484 g/mol. The van der Waals surface area contributed by atoms with Crippen molar-refractivity contribution in [1.29, 1.82) is 0 Å².